The lowest BCUT2D eigenvalue weighted by atomic mass is 9.86. The van der Waals surface area contributed by atoms with Gasteiger partial charge >= 0.3 is 12.1 Å². The highest BCUT2D eigenvalue weighted by Crippen LogP contribution is 2.34. The summed E-state index contributed by atoms with van der Waals surface area (Å²) in [5, 5.41) is 10.6. The van der Waals surface area contributed by atoms with Gasteiger partial charge in [-0.25, -0.2) is 4.79 Å². The summed E-state index contributed by atoms with van der Waals surface area (Å²) >= 11 is 0. The van der Waals surface area contributed by atoms with Gasteiger partial charge in [0.25, 0.3) is 5.91 Å². The number of rotatable bonds is 7. The minimum absolute atomic E-state index is 0.0813. The maximum absolute atomic E-state index is 13.0. The van der Waals surface area contributed by atoms with Gasteiger partial charge in [0.1, 0.15) is 11.6 Å². The Bertz CT molecular complexity index is 1300. The van der Waals surface area contributed by atoms with Crippen LogP contribution < -0.4 is 20.5 Å². The fourth-order valence-corrected chi connectivity index (χ4v) is 3.64. The summed E-state index contributed by atoms with van der Waals surface area (Å²) in [5.41, 5.74) is 5.89. The highest BCUT2D eigenvalue weighted by Gasteiger charge is 2.42. The van der Waals surface area contributed by atoms with E-state index >= 15 is 0 Å². The van der Waals surface area contributed by atoms with Crippen molar-refractivity contribution in [3.8, 4) is 11.5 Å². The lowest BCUT2D eigenvalue weighted by molar-refractivity contribution is -0.189. The number of hydrogen-bond acceptors (Lipinski definition) is 5. The Kier molecular flexibility index (Phi) is 6.63. The van der Waals surface area contributed by atoms with E-state index in [1.54, 1.807) is 24.3 Å². The second-order valence-corrected chi connectivity index (χ2v) is 8.27. The molecule has 7 nitrogen and oxygen atoms in total. The van der Waals surface area contributed by atoms with Gasteiger partial charge < -0.3 is 20.5 Å². The molecule has 1 aliphatic carbocycles. The number of ether oxygens (including phenoxy) is 2. The third-order valence-corrected chi connectivity index (χ3v) is 5.75. The smallest absolute Gasteiger partial charge is 0.491 e. The number of alkyl halides is 3. The number of amidine groups is 1. The van der Waals surface area contributed by atoms with E-state index in [0.29, 0.717) is 34.9 Å². The quantitative estimate of drug-likeness (QED) is 0.188. The fourth-order valence-electron chi connectivity index (χ4n) is 3.64. The Balaban J connectivity index is 1.64. The van der Waals surface area contributed by atoms with E-state index in [2.05, 4.69) is 10.1 Å². The predicted molar refractivity (Wildman–Crippen MR) is 124 cm³/mol. The minimum atomic E-state index is -5.26. The minimum Gasteiger partial charge on any atom is -0.493 e. The molecule has 35 heavy (non-hydrogen) atoms. The number of esters is 1. The summed E-state index contributed by atoms with van der Waals surface area (Å²) in [5.74, 6) is -2.96. The number of carbonyl (C=O) groups excluding carboxylic acids is 2. The molecule has 1 aliphatic rings. The zero-order valence-electron chi connectivity index (χ0n) is 18.4. The van der Waals surface area contributed by atoms with Gasteiger partial charge in [-0.15, -0.1) is 0 Å². The molecule has 10 heteroatoms. The van der Waals surface area contributed by atoms with Crippen LogP contribution in [-0.4, -0.2) is 30.5 Å². The van der Waals surface area contributed by atoms with Crippen molar-refractivity contribution in [1.29, 1.82) is 5.41 Å². The first-order valence-corrected chi connectivity index (χ1v) is 10.9. The van der Waals surface area contributed by atoms with Gasteiger partial charge in [0.2, 0.25) is 0 Å². The van der Waals surface area contributed by atoms with Gasteiger partial charge in [-0.3, -0.25) is 10.2 Å². The third kappa shape index (κ3) is 5.53. The molecule has 0 unspecified atom stereocenters. The van der Waals surface area contributed by atoms with Crippen molar-refractivity contribution >= 4 is 34.2 Å². The molecule has 4 rings (SSSR count). The van der Waals surface area contributed by atoms with Crippen LogP contribution in [0.2, 0.25) is 0 Å². The third-order valence-electron chi connectivity index (χ3n) is 5.75. The first-order valence-electron chi connectivity index (χ1n) is 10.9. The second kappa shape index (κ2) is 9.65. The fraction of sp³-hybridized carbons (Fsp3) is 0.240. The Labute approximate surface area is 198 Å². The largest absolute Gasteiger partial charge is 0.493 e. The van der Waals surface area contributed by atoms with Gasteiger partial charge in [0.05, 0.1) is 12.2 Å². The molecular weight excluding hydrogens is 463 g/mol. The van der Waals surface area contributed by atoms with E-state index in [1.807, 2.05) is 0 Å². The number of carbonyl (C=O) groups is 2. The standard InChI is InChI=1S/C25H22F3N3O4/c26-25(27,28)24(33)35-21-19-9-8-16(22(29)30)11-15(19)7-10-20(21)23(32)31-17-5-2-6-18(12-17)34-13-14-3-1-4-14/h2,5-12,14H,1,3-4,13H2,(H3,29,30)(H,31,32). The van der Waals surface area contributed by atoms with Crippen LogP contribution in [0.25, 0.3) is 10.8 Å². The van der Waals surface area contributed by atoms with E-state index < -0.39 is 23.8 Å². The number of hydrogen-bond donors (Lipinski definition) is 3. The predicted octanol–water partition coefficient (Wildman–Crippen LogP) is 5.02. The van der Waals surface area contributed by atoms with Crippen LogP contribution in [0.4, 0.5) is 18.9 Å². The summed E-state index contributed by atoms with van der Waals surface area (Å²) in [4.78, 5) is 24.7. The first kappa shape index (κ1) is 24.1. The summed E-state index contributed by atoms with van der Waals surface area (Å²) in [7, 11) is 0. The van der Waals surface area contributed by atoms with Crippen LogP contribution in [0.1, 0.15) is 35.2 Å². The van der Waals surface area contributed by atoms with Gasteiger partial charge in [-0.1, -0.05) is 24.6 Å². The highest BCUT2D eigenvalue weighted by molar-refractivity contribution is 6.11. The van der Waals surface area contributed by atoms with E-state index in [9.17, 15) is 22.8 Å². The van der Waals surface area contributed by atoms with Crippen LogP contribution in [0.5, 0.6) is 11.5 Å². The monoisotopic (exact) mass is 485 g/mol. The van der Waals surface area contributed by atoms with E-state index in [4.69, 9.17) is 15.9 Å². The average molecular weight is 485 g/mol. The lowest BCUT2D eigenvalue weighted by Crippen LogP contribution is -2.29. The van der Waals surface area contributed by atoms with Crippen molar-refractivity contribution in [2.75, 3.05) is 11.9 Å². The molecule has 0 saturated heterocycles. The van der Waals surface area contributed by atoms with Crippen molar-refractivity contribution in [2.24, 2.45) is 11.7 Å². The number of benzene rings is 3. The van der Waals surface area contributed by atoms with Crippen molar-refractivity contribution in [3.63, 3.8) is 0 Å². The summed E-state index contributed by atoms with van der Waals surface area (Å²) in [6, 6.07) is 13.5. The molecule has 1 fully saturated rings. The average Bonchev–Trinajstić information content (AvgIpc) is 2.77. The molecule has 1 saturated carbocycles. The molecule has 4 N–H and O–H groups in total. The van der Waals surface area contributed by atoms with Crippen molar-refractivity contribution in [3.05, 3.63) is 65.7 Å². The van der Waals surface area contributed by atoms with Gasteiger partial charge in [0, 0.05) is 22.7 Å². The molecule has 182 valence electrons. The summed E-state index contributed by atoms with van der Waals surface area (Å²) < 4.78 is 49.3. The number of nitrogens with two attached hydrogens (primary N) is 1. The van der Waals surface area contributed by atoms with Crippen LogP contribution in [0, 0.1) is 11.3 Å². The number of halogens is 3. The molecule has 0 atom stereocenters. The van der Waals surface area contributed by atoms with Gasteiger partial charge in [-0.05, 0) is 54.5 Å². The summed E-state index contributed by atoms with van der Waals surface area (Å²) in [6.45, 7) is 0.571. The SMILES string of the molecule is N=C(N)c1ccc2c(OC(=O)C(F)(F)F)c(C(=O)Nc3cccc(OCC4CCC4)c3)ccc2c1. The van der Waals surface area contributed by atoms with E-state index in [0.717, 1.165) is 12.8 Å². The Morgan fingerprint density at radius 3 is 2.51 bits per heavy atom. The summed E-state index contributed by atoms with van der Waals surface area (Å²) in [6.07, 6.45) is -1.84. The zero-order chi connectivity index (χ0) is 25.2. The van der Waals surface area contributed by atoms with Crippen LogP contribution in [0.3, 0.4) is 0 Å². The molecule has 0 spiro atoms. The number of amides is 1. The molecule has 3 aromatic carbocycles. The lowest BCUT2D eigenvalue weighted by Gasteiger charge is -2.25. The van der Waals surface area contributed by atoms with Crippen LogP contribution in [0.15, 0.2) is 54.6 Å². The topological polar surface area (TPSA) is 115 Å². The van der Waals surface area contributed by atoms with Gasteiger partial charge in [-0.2, -0.15) is 13.2 Å². The zero-order valence-corrected chi connectivity index (χ0v) is 18.4. The molecule has 0 heterocycles. The van der Waals surface area contributed by atoms with Crippen LogP contribution >= 0.6 is 0 Å². The Morgan fingerprint density at radius 1 is 1.09 bits per heavy atom. The van der Waals surface area contributed by atoms with Crippen molar-refractivity contribution < 1.29 is 32.2 Å². The normalized spacial score (nSPS) is 13.7. The van der Waals surface area contributed by atoms with Crippen molar-refractivity contribution in [2.45, 2.75) is 25.4 Å². The molecular formula is C25H22F3N3O4. The maximum Gasteiger partial charge on any atom is 0.491 e. The van der Waals surface area contributed by atoms with E-state index in [-0.39, 0.29) is 16.8 Å². The van der Waals surface area contributed by atoms with E-state index in [1.165, 1.54) is 36.8 Å². The number of fused-ring (bicyclic) bond motifs is 1. The maximum atomic E-state index is 13.0. The number of anilines is 1. The molecule has 0 bridgehead atoms. The molecule has 1 amide bonds. The highest BCUT2D eigenvalue weighted by atomic mass is 19.4. The molecule has 3 aromatic rings. The number of nitrogens with one attached hydrogen (secondary N) is 2. The Hall–Kier alpha value is -4.08. The first-order chi connectivity index (χ1) is 16.6. The Morgan fingerprint density at radius 2 is 1.86 bits per heavy atom. The molecule has 0 aromatic heterocycles. The molecule has 0 aliphatic heterocycles. The number of nitrogen functional groups attached to an aromatic ring is 1. The second-order valence-electron chi connectivity index (χ2n) is 8.27. The molecule has 0 radical (unpaired) electrons. The van der Waals surface area contributed by atoms with Crippen LogP contribution in [-0.2, 0) is 4.79 Å². The van der Waals surface area contributed by atoms with Crippen molar-refractivity contribution in [1.82, 2.24) is 0 Å². The van der Waals surface area contributed by atoms with Gasteiger partial charge in [0.15, 0.2) is 5.75 Å².